The van der Waals surface area contributed by atoms with Crippen molar-refractivity contribution in [2.75, 3.05) is 0 Å². The number of furan rings is 1. The van der Waals surface area contributed by atoms with Crippen LogP contribution in [0.25, 0.3) is 49.4 Å². The van der Waals surface area contributed by atoms with Crippen LogP contribution in [-0.2, 0) is 0 Å². The molecule has 0 spiro atoms. The maximum atomic E-state index is 6.33. The second-order valence-corrected chi connectivity index (χ2v) is 7.59. The fourth-order valence-electron chi connectivity index (χ4n) is 4.13. The van der Waals surface area contributed by atoms with E-state index in [1.54, 1.807) is 0 Å². The molecule has 0 N–H and O–H groups in total. The highest BCUT2D eigenvalue weighted by molar-refractivity contribution is 9.10. The number of fused-ring (bicyclic) bond motifs is 7. The molecule has 0 aliphatic heterocycles. The van der Waals surface area contributed by atoms with E-state index in [4.69, 9.17) is 4.42 Å². The normalized spacial score (nSPS) is 11.9. The first-order valence-corrected chi connectivity index (χ1v) is 9.70. The van der Waals surface area contributed by atoms with E-state index >= 15 is 0 Å². The van der Waals surface area contributed by atoms with Crippen molar-refractivity contribution in [2.45, 2.75) is 0 Å². The predicted molar refractivity (Wildman–Crippen MR) is 116 cm³/mol. The summed E-state index contributed by atoms with van der Waals surface area (Å²) in [5, 5.41) is 4.68. The second-order valence-electron chi connectivity index (χ2n) is 6.74. The monoisotopic (exact) mass is 411 g/mol. The van der Waals surface area contributed by atoms with Crippen LogP contribution in [-0.4, -0.2) is 4.57 Å². The average Bonchev–Trinajstić information content (AvgIpc) is 3.24. The third-order valence-electron chi connectivity index (χ3n) is 5.27. The van der Waals surface area contributed by atoms with E-state index in [1.165, 1.54) is 10.9 Å². The summed E-state index contributed by atoms with van der Waals surface area (Å²) in [6.45, 7) is 0. The number of halogens is 1. The highest BCUT2D eigenvalue weighted by Gasteiger charge is 2.18. The van der Waals surface area contributed by atoms with Gasteiger partial charge < -0.3 is 8.98 Å². The van der Waals surface area contributed by atoms with Crippen LogP contribution in [0.1, 0.15) is 0 Å². The average molecular weight is 412 g/mol. The molecule has 0 bridgehead atoms. The summed E-state index contributed by atoms with van der Waals surface area (Å²) in [4.78, 5) is 0. The number of hydrogen-bond acceptors (Lipinski definition) is 1. The molecular formula is C24H14BrNO. The Labute approximate surface area is 163 Å². The molecule has 2 aromatic heterocycles. The van der Waals surface area contributed by atoms with Crippen molar-refractivity contribution >= 4 is 59.7 Å². The van der Waals surface area contributed by atoms with E-state index in [1.807, 2.05) is 18.2 Å². The highest BCUT2D eigenvalue weighted by atomic mass is 79.9. The van der Waals surface area contributed by atoms with E-state index in [0.717, 1.165) is 43.0 Å². The zero-order valence-electron chi connectivity index (χ0n) is 14.3. The Morgan fingerprint density at radius 1 is 0.630 bits per heavy atom. The number of aromatic nitrogens is 1. The van der Waals surface area contributed by atoms with Crippen molar-refractivity contribution in [3.8, 4) is 5.69 Å². The molecule has 0 radical (unpaired) electrons. The molecule has 2 nitrogen and oxygen atoms in total. The first kappa shape index (κ1) is 15.1. The molecule has 4 aromatic carbocycles. The van der Waals surface area contributed by atoms with Crippen molar-refractivity contribution in [3.05, 3.63) is 89.4 Å². The van der Waals surface area contributed by atoms with E-state index < -0.39 is 0 Å². The van der Waals surface area contributed by atoms with Crippen LogP contribution in [0.5, 0.6) is 0 Å². The molecule has 0 amide bonds. The lowest BCUT2D eigenvalue weighted by Gasteiger charge is -2.09. The molecule has 2 heterocycles. The summed E-state index contributed by atoms with van der Waals surface area (Å²) in [5.74, 6) is 0. The Morgan fingerprint density at radius 2 is 1.37 bits per heavy atom. The molecule has 0 aliphatic rings. The van der Waals surface area contributed by atoms with Gasteiger partial charge in [-0.15, -0.1) is 0 Å². The van der Waals surface area contributed by atoms with E-state index in [-0.39, 0.29) is 0 Å². The smallest absolute Gasteiger partial charge is 0.145 e. The molecule has 0 fully saturated rings. The summed E-state index contributed by atoms with van der Waals surface area (Å²) < 4.78 is 9.70. The third-order valence-corrected chi connectivity index (χ3v) is 5.94. The van der Waals surface area contributed by atoms with E-state index in [9.17, 15) is 0 Å². The maximum absolute atomic E-state index is 6.33. The van der Waals surface area contributed by atoms with Crippen molar-refractivity contribution in [3.63, 3.8) is 0 Å². The Kier molecular flexibility index (Phi) is 3.06. The highest BCUT2D eigenvalue weighted by Crippen LogP contribution is 2.41. The fraction of sp³-hybridized carbons (Fsp3) is 0. The fourth-order valence-corrected chi connectivity index (χ4v) is 4.59. The number of rotatable bonds is 1. The van der Waals surface area contributed by atoms with Crippen LogP contribution in [0, 0.1) is 0 Å². The third kappa shape index (κ3) is 2.00. The van der Waals surface area contributed by atoms with Crippen molar-refractivity contribution in [1.82, 2.24) is 4.57 Å². The van der Waals surface area contributed by atoms with Crippen LogP contribution in [0.2, 0.25) is 0 Å². The Morgan fingerprint density at radius 3 is 2.26 bits per heavy atom. The molecule has 128 valence electrons. The number of hydrogen-bond donors (Lipinski definition) is 0. The topological polar surface area (TPSA) is 18.1 Å². The van der Waals surface area contributed by atoms with Crippen LogP contribution in [0.3, 0.4) is 0 Å². The first-order valence-electron chi connectivity index (χ1n) is 8.91. The van der Waals surface area contributed by atoms with Gasteiger partial charge in [0.2, 0.25) is 0 Å². The van der Waals surface area contributed by atoms with E-state index in [2.05, 4.69) is 87.2 Å². The zero-order valence-corrected chi connectivity index (χ0v) is 15.9. The number of benzene rings is 4. The van der Waals surface area contributed by atoms with Crippen LogP contribution >= 0.6 is 15.9 Å². The summed E-state index contributed by atoms with van der Waals surface area (Å²) >= 11 is 3.72. The van der Waals surface area contributed by atoms with Gasteiger partial charge in [-0.1, -0.05) is 48.5 Å². The molecular weight excluding hydrogens is 398 g/mol. The quantitative estimate of drug-likeness (QED) is 0.274. The molecule has 0 aliphatic carbocycles. The van der Waals surface area contributed by atoms with Crippen molar-refractivity contribution < 1.29 is 4.42 Å². The van der Waals surface area contributed by atoms with Crippen molar-refractivity contribution in [2.24, 2.45) is 0 Å². The maximum Gasteiger partial charge on any atom is 0.145 e. The molecule has 0 atom stereocenters. The molecule has 27 heavy (non-hydrogen) atoms. The lowest BCUT2D eigenvalue weighted by atomic mass is 10.1. The summed E-state index contributed by atoms with van der Waals surface area (Å²) in [6.07, 6.45) is 0. The Balaban J connectivity index is 1.89. The minimum Gasteiger partial charge on any atom is -0.455 e. The summed E-state index contributed by atoms with van der Waals surface area (Å²) in [7, 11) is 0. The minimum absolute atomic E-state index is 0.928. The second kappa shape index (κ2) is 5.48. The SMILES string of the molecule is Brc1ccccc1-n1c2ccccc2c2c3oc4ccccc4c3ccc21. The van der Waals surface area contributed by atoms with Gasteiger partial charge >= 0.3 is 0 Å². The standard InChI is InChI=1S/C24H14BrNO/c25-18-9-3-5-11-20(18)26-19-10-4-1-8-17(19)23-21(26)14-13-16-15-7-2-6-12-22(15)27-24(16)23/h1-14H. The van der Waals surface area contributed by atoms with Gasteiger partial charge in [-0.05, 0) is 52.3 Å². The van der Waals surface area contributed by atoms with Gasteiger partial charge in [-0.2, -0.15) is 0 Å². The van der Waals surface area contributed by atoms with Gasteiger partial charge in [0.05, 0.1) is 22.1 Å². The zero-order chi connectivity index (χ0) is 18.0. The molecule has 0 saturated heterocycles. The number of nitrogens with zero attached hydrogens (tertiary/aromatic N) is 1. The predicted octanol–water partition coefficient (Wildman–Crippen LogP) is 7.45. The number of para-hydroxylation sites is 3. The van der Waals surface area contributed by atoms with Gasteiger partial charge in [0.25, 0.3) is 0 Å². The van der Waals surface area contributed by atoms with E-state index in [0.29, 0.717) is 0 Å². The van der Waals surface area contributed by atoms with Gasteiger partial charge in [-0.3, -0.25) is 0 Å². The largest absolute Gasteiger partial charge is 0.455 e. The molecule has 6 aromatic rings. The van der Waals surface area contributed by atoms with Crippen molar-refractivity contribution in [1.29, 1.82) is 0 Å². The van der Waals surface area contributed by atoms with Crippen LogP contribution < -0.4 is 0 Å². The lowest BCUT2D eigenvalue weighted by Crippen LogP contribution is -1.94. The molecule has 3 heteroatoms. The first-order chi connectivity index (χ1) is 13.3. The molecule has 0 unspecified atom stereocenters. The van der Waals surface area contributed by atoms with Gasteiger partial charge in [0.1, 0.15) is 11.2 Å². The minimum atomic E-state index is 0.928. The Bertz CT molecular complexity index is 1490. The van der Waals surface area contributed by atoms with Gasteiger partial charge in [0, 0.05) is 20.6 Å². The summed E-state index contributed by atoms with van der Waals surface area (Å²) in [6, 6.07) is 29.5. The molecule has 6 rings (SSSR count). The molecule has 0 saturated carbocycles. The Hall–Kier alpha value is -3.04. The van der Waals surface area contributed by atoms with Crippen LogP contribution in [0.4, 0.5) is 0 Å². The van der Waals surface area contributed by atoms with Crippen LogP contribution in [0.15, 0.2) is 93.8 Å². The van der Waals surface area contributed by atoms with Gasteiger partial charge in [-0.25, -0.2) is 0 Å². The van der Waals surface area contributed by atoms with Gasteiger partial charge in [0.15, 0.2) is 0 Å². The summed E-state index contributed by atoms with van der Waals surface area (Å²) in [5.41, 5.74) is 5.33. The lowest BCUT2D eigenvalue weighted by molar-refractivity contribution is 0.673.